The molecule has 1 unspecified atom stereocenters. The minimum atomic E-state index is -0.954. The maximum absolute atomic E-state index is 11.3. The fraction of sp³-hybridized carbons (Fsp3) is 0.480. The van der Waals surface area contributed by atoms with Crippen molar-refractivity contribution in [3.8, 4) is 5.75 Å². The molecule has 0 saturated heterocycles. The molecule has 4 fully saturated rings. The Hall–Kier alpha value is -2.33. The largest absolute Gasteiger partial charge is 0.497 e. The van der Waals surface area contributed by atoms with Crippen molar-refractivity contribution in [2.75, 3.05) is 7.11 Å². The van der Waals surface area contributed by atoms with Gasteiger partial charge < -0.3 is 14.9 Å². The second-order valence-corrected chi connectivity index (χ2v) is 9.48. The van der Waals surface area contributed by atoms with E-state index in [0.717, 1.165) is 34.6 Å². The van der Waals surface area contributed by atoms with Crippen LogP contribution in [-0.2, 0) is 5.41 Å². The molecule has 2 N–H and O–H groups in total. The van der Waals surface area contributed by atoms with Crippen LogP contribution in [0.5, 0.6) is 5.75 Å². The molecule has 4 aliphatic carbocycles. The minimum absolute atomic E-state index is 0.139. The monoisotopic (exact) mass is 392 g/mol. The first-order valence-electron chi connectivity index (χ1n) is 10.7. The van der Waals surface area contributed by atoms with E-state index in [0.29, 0.717) is 0 Å². The Balaban J connectivity index is 1.56. The van der Waals surface area contributed by atoms with Crippen LogP contribution in [0.25, 0.3) is 0 Å². The van der Waals surface area contributed by atoms with Gasteiger partial charge in [0.15, 0.2) is 0 Å². The summed E-state index contributed by atoms with van der Waals surface area (Å²) in [6.45, 7) is 0. The molecule has 1 atom stereocenters. The molecule has 6 rings (SSSR count). The highest BCUT2D eigenvalue weighted by molar-refractivity contribution is 5.87. The van der Waals surface area contributed by atoms with E-state index in [9.17, 15) is 9.90 Å². The fourth-order valence-electron chi connectivity index (χ4n) is 6.79. The van der Waals surface area contributed by atoms with Gasteiger partial charge in [-0.2, -0.15) is 0 Å². The lowest BCUT2D eigenvalue weighted by atomic mass is 9.47. The van der Waals surface area contributed by atoms with E-state index >= 15 is 0 Å². The Kier molecular flexibility index (Phi) is 4.43. The van der Waals surface area contributed by atoms with Gasteiger partial charge in [0.25, 0.3) is 0 Å². The maximum Gasteiger partial charge on any atom is 0.335 e. The third-order valence-electron chi connectivity index (χ3n) is 7.64. The molecule has 0 aromatic heterocycles. The van der Waals surface area contributed by atoms with E-state index in [4.69, 9.17) is 9.84 Å². The van der Waals surface area contributed by atoms with Crippen LogP contribution in [0.3, 0.4) is 0 Å². The lowest BCUT2D eigenvalue weighted by Gasteiger charge is -2.57. The van der Waals surface area contributed by atoms with Gasteiger partial charge in [-0.3, -0.25) is 0 Å². The maximum atomic E-state index is 11.3. The van der Waals surface area contributed by atoms with Crippen molar-refractivity contribution in [3.05, 3.63) is 64.7 Å². The van der Waals surface area contributed by atoms with Crippen molar-refractivity contribution in [3.63, 3.8) is 0 Å². The Bertz CT molecular complexity index is 895. The quantitative estimate of drug-likeness (QED) is 0.756. The van der Waals surface area contributed by atoms with Crippen LogP contribution in [0, 0.1) is 17.8 Å². The van der Waals surface area contributed by atoms with Crippen LogP contribution in [0.2, 0.25) is 0 Å². The number of aliphatic hydroxyl groups is 1. The molecule has 152 valence electrons. The standard InChI is InChI=1S/C25H28O4/c1-29-20-6-7-21(23(26)18-2-4-19(5-3-18)24(27)28)22(11-20)25-12-15-8-16(13-25)10-17(9-15)14-25/h2-7,11,15-17,23,26H,8-10,12-14H2,1H3,(H,27,28). The van der Waals surface area contributed by atoms with Crippen LogP contribution in [-0.4, -0.2) is 23.3 Å². The third kappa shape index (κ3) is 3.14. The van der Waals surface area contributed by atoms with E-state index in [1.54, 1.807) is 31.4 Å². The highest BCUT2D eigenvalue weighted by Gasteiger charge is 2.52. The second-order valence-electron chi connectivity index (χ2n) is 9.48. The number of benzene rings is 2. The zero-order valence-corrected chi connectivity index (χ0v) is 16.8. The van der Waals surface area contributed by atoms with Crippen molar-refractivity contribution in [2.24, 2.45) is 17.8 Å². The zero-order valence-electron chi connectivity index (χ0n) is 16.8. The number of carboxylic acids is 1. The topological polar surface area (TPSA) is 66.8 Å². The normalized spacial score (nSPS) is 30.9. The lowest BCUT2D eigenvalue weighted by Crippen LogP contribution is -2.49. The molecule has 2 aromatic rings. The molecule has 4 heteroatoms. The van der Waals surface area contributed by atoms with Gasteiger partial charge in [-0.15, -0.1) is 0 Å². The van der Waals surface area contributed by atoms with Crippen molar-refractivity contribution in [1.82, 2.24) is 0 Å². The first-order valence-corrected chi connectivity index (χ1v) is 10.7. The van der Waals surface area contributed by atoms with Gasteiger partial charge >= 0.3 is 5.97 Å². The summed E-state index contributed by atoms with van der Waals surface area (Å²) in [5.74, 6) is 2.32. The number of aliphatic hydroxyl groups excluding tert-OH is 1. The van der Waals surface area contributed by atoms with Gasteiger partial charge in [0.2, 0.25) is 0 Å². The smallest absolute Gasteiger partial charge is 0.335 e. The first kappa shape index (κ1) is 18.7. The molecular formula is C25H28O4. The number of hydrogen-bond donors (Lipinski definition) is 2. The van der Waals surface area contributed by atoms with Crippen molar-refractivity contribution < 1.29 is 19.7 Å². The minimum Gasteiger partial charge on any atom is -0.497 e. The predicted molar refractivity (Wildman–Crippen MR) is 110 cm³/mol. The van der Waals surface area contributed by atoms with Gasteiger partial charge in [0.1, 0.15) is 11.9 Å². The van der Waals surface area contributed by atoms with Crippen LogP contribution in [0.4, 0.5) is 0 Å². The van der Waals surface area contributed by atoms with Crippen molar-refractivity contribution in [2.45, 2.75) is 50.0 Å². The molecule has 0 amide bonds. The SMILES string of the molecule is COc1ccc(C(O)c2ccc(C(=O)O)cc2)c(C23CC4CC(CC(C4)C2)C3)c1. The van der Waals surface area contributed by atoms with Crippen LogP contribution in [0.15, 0.2) is 42.5 Å². The van der Waals surface area contributed by atoms with Gasteiger partial charge in [-0.25, -0.2) is 4.79 Å². The highest BCUT2D eigenvalue weighted by atomic mass is 16.5. The number of aromatic carboxylic acids is 1. The lowest BCUT2D eigenvalue weighted by molar-refractivity contribution is -0.00642. The van der Waals surface area contributed by atoms with Gasteiger partial charge in [0.05, 0.1) is 12.7 Å². The second kappa shape index (κ2) is 6.88. The van der Waals surface area contributed by atoms with Gasteiger partial charge in [-0.1, -0.05) is 18.2 Å². The molecule has 2 aromatic carbocycles. The number of carbonyl (C=O) groups is 1. The van der Waals surface area contributed by atoms with E-state index < -0.39 is 12.1 Å². The molecule has 0 heterocycles. The summed E-state index contributed by atoms with van der Waals surface area (Å²) in [5.41, 5.74) is 3.28. The summed E-state index contributed by atoms with van der Waals surface area (Å²) in [6.07, 6.45) is 6.98. The Morgan fingerprint density at radius 3 is 2.10 bits per heavy atom. The number of ether oxygens (including phenoxy) is 1. The average molecular weight is 392 g/mol. The predicted octanol–water partition coefficient (Wildman–Crippen LogP) is 4.94. The van der Waals surface area contributed by atoms with Crippen LogP contribution < -0.4 is 4.74 Å². The fourth-order valence-corrected chi connectivity index (χ4v) is 6.79. The molecule has 4 nitrogen and oxygen atoms in total. The molecule has 4 bridgehead atoms. The van der Waals surface area contributed by atoms with Gasteiger partial charge in [0, 0.05) is 0 Å². The molecule has 4 saturated carbocycles. The summed E-state index contributed by atoms with van der Waals surface area (Å²) in [4.78, 5) is 11.2. The third-order valence-corrected chi connectivity index (χ3v) is 7.64. The molecule has 0 spiro atoms. The Morgan fingerprint density at radius 1 is 1.00 bits per heavy atom. The summed E-state index contributed by atoms with van der Waals surface area (Å²) in [7, 11) is 1.69. The van der Waals surface area contributed by atoms with Crippen LogP contribution >= 0.6 is 0 Å². The zero-order chi connectivity index (χ0) is 20.2. The Labute approximate surface area is 171 Å². The average Bonchev–Trinajstić information content (AvgIpc) is 2.72. The van der Waals surface area contributed by atoms with Crippen LogP contribution in [0.1, 0.15) is 71.7 Å². The summed E-state index contributed by atoms with van der Waals surface area (Å²) >= 11 is 0. The number of methoxy groups -OCH3 is 1. The number of rotatable bonds is 5. The van der Waals surface area contributed by atoms with E-state index in [1.807, 2.05) is 12.1 Å². The molecule has 4 aliphatic rings. The summed E-state index contributed by atoms with van der Waals surface area (Å²) < 4.78 is 5.55. The highest BCUT2D eigenvalue weighted by Crippen LogP contribution is 2.61. The molecule has 0 radical (unpaired) electrons. The van der Waals surface area contributed by atoms with E-state index in [2.05, 4.69) is 6.07 Å². The van der Waals surface area contributed by atoms with Crippen molar-refractivity contribution in [1.29, 1.82) is 0 Å². The van der Waals surface area contributed by atoms with Crippen molar-refractivity contribution >= 4 is 5.97 Å². The summed E-state index contributed by atoms with van der Waals surface area (Å²) in [5, 5.41) is 20.4. The van der Waals surface area contributed by atoms with E-state index in [1.165, 1.54) is 44.1 Å². The molecule has 29 heavy (non-hydrogen) atoms. The van der Waals surface area contributed by atoms with E-state index in [-0.39, 0.29) is 11.0 Å². The Morgan fingerprint density at radius 2 is 1.59 bits per heavy atom. The number of hydrogen-bond acceptors (Lipinski definition) is 3. The van der Waals surface area contributed by atoms with Gasteiger partial charge in [-0.05, 0) is 103 Å². The number of carboxylic acid groups (broad SMARTS) is 1. The summed E-state index contributed by atoms with van der Waals surface area (Å²) in [6, 6.07) is 12.7. The molecule has 0 aliphatic heterocycles. The molecular weight excluding hydrogens is 364 g/mol. The first-order chi connectivity index (χ1) is 14.0.